The summed E-state index contributed by atoms with van der Waals surface area (Å²) in [6.45, 7) is 4.13. The lowest BCUT2D eigenvalue weighted by atomic mass is 10.1. The number of amides is 1. The Morgan fingerprint density at radius 1 is 1.00 bits per heavy atom. The van der Waals surface area contributed by atoms with Crippen molar-refractivity contribution in [2.75, 3.05) is 44.8 Å². The van der Waals surface area contributed by atoms with Crippen LogP contribution in [0.1, 0.15) is 11.1 Å². The SMILES string of the molecule is Cc1ccc(NC(=O)Cc2ccc3c(c2)OCCO3)cc1S(=O)(=O)N1CCOCC1. The second-order valence-electron chi connectivity index (χ2n) is 7.20. The van der Waals surface area contributed by atoms with E-state index >= 15 is 0 Å². The Labute approximate surface area is 175 Å². The van der Waals surface area contributed by atoms with Gasteiger partial charge >= 0.3 is 0 Å². The number of fused-ring (bicyclic) bond motifs is 1. The van der Waals surface area contributed by atoms with Gasteiger partial charge in [0, 0.05) is 18.8 Å². The van der Waals surface area contributed by atoms with Gasteiger partial charge in [-0.25, -0.2) is 8.42 Å². The number of nitrogens with zero attached hydrogens (tertiary/aromatic N) is 1. The summed E-state index contributed by atoms with van der Waals surface area (Å²) in [6.07, 6.45) is 0.135. The molecule has 160 valence electrons. The molecule has 0 saturated carbocycles. The molecule has 0 spiro atoms. The van der Waals surface area contributed by atoms with Gasteiger partial charge in [-0.05, 0) is 42.3 Å². The van der Waals surface area contributed by atoms with Crippen LogP contribution in [0.15, 0.2) is 41.3 Å². The fourth-order valence-corrected chi connectivity index (χ4v) is 5.13. The Bertz CT molecular complexity index is 1050. The molecule has 1 fully saturated rings. The standard InChI is InChI=1S/C21H24N2O6S/c1-15-2-4-17(14-20(15)30(25,26)23-6-8-27-9-7-23)22-21(24)13-16-3-5-18-19(12-16)29-11-10-28-18/h2-5,12,14H,6-11,13H2,1H3,(H,22,24). The maximum absolute atomic E-state index is 13.0. The zero-order chi connectivity index (χ0) is 21.1. The van der Waals surface area contributed by atoms with Crippen molar-refractivity contribution in [2.24, 2.45) is 0 Å². The van der Waals surface area contributed by atoms with Gasteiger partial charge in [-0.3, -0.25) is 4.79 Å². The molecule has 0 radical (unpaired) electrons. The molecule has 30 heavy (non-hydrogen) atoms. The number of carbonyl (C=O) groups is 1. The van der Waals surface area contributed by atoms with Crippen LogP contribution in [-0.4, -0.2) is 58.1 Å². The van der Waals surface area contributed by atoms with Crippen LogP contribution < -0.4 is 14.8 Å². The van der Waals surface area contributed by atoms with Crippen molar-refractivity contribution in [1.29, 1.82) is 0 Å². The van der Waals surface area contributed by atoms with Gasteiger partial charge in [0.2, 0.25) is 15.9 Å². The van der Waals surface area contributed by atoms with Crippen LogP contribution in [0, 0.1) is 6.92 Å². The summed E-state index contributed by atoms with van der Waals surface area (Å²) >= 11 is 0. The number of benzene rings is 2. The van der Waals surface area contributed by atoms with E-state index in [1.165, 1.54) is 10.4 Å². The van der Waals surface area contributed by atoms with E-state index in [9.17, 15) is 13.2 Å². The van der Waals surface area contributed by atoms with Gasteiger partial charge in [-0.2, -0.15) is 4.31 Å². The molecule has 2 aliphatic rings. The predicted molar refractivity (Wildman–Crippen MR) is 111 cm³/mol. The first-order valence-corrected chi connectivity index (χ1v) is 11.2. The normalized spacial score (nSPS) is 16.8. The molecule has 0 bridgehead atoms. The van der Waals surface area contributed by atoms with Crippen molar-refractivity contribution in [3.63, 3.8) is 0 Å². The largest absolute Gasteiger partial charge is 0.486 e. The van der Waals surface area contributed by atoms with Crippen LogP contribution in [0.4, 0.5) is 5.69 Å². The van der Waals surface area contributed by atoms with Gasteiger partial charge in [-0.15, -0.1) is 0 Å². The first-order chi connectivity index (χ1) is 14.4. The molecule has 0 aromatic heterocycles. The second-order valence-corrected chi connectivity index (χ2v) is 9.11. The van der Waals surface area contributed by atoms with E-state index < -0.39 is 10.0 Å². The predicted octanol–water partition coefficient (Wildman–Crippen LogP) is 1.97. The van der Waals surface area contributed by atoms with Crippen molar-refractivity contribution in [2.45, 2.75) is 18.2 Å². The van der Waals surface area contributed by atoms with E-state index in [-0.39, 0.29) is 17.2 Å². The lowest BCUT2D eigenvalue weighted by molar-refractivity contribution is -0.115. The van der Waals surface area contributed by atoms with Crippen molar-refractivity contribution in [3.8, 4) is 11.5 Å². The van der Waals surface area contributed by atoms with Crippen molar-refractivity contribution in [1.82, 2.24) is 4.31 Å². The minimum atomic E-state index is -3.65. The molecule has 4 rings (SSSR count). The Balaban J connectivity index is 1.48. The highest BCUT2D eigenvalue weighted by molar-refractivity contribution is 7.89. The van der Waals surface area contributed by atoms with Crippen LogP contribution in [0.5, 0.6) is 11.5 Å². The van der Waals surface area contributed by atoms with Gasteiger partial charge in [0.25, 0.3) is 0 Å². The van der Waals surface area contributed by atoms with Crippen molar-refractivity contribution < 1.29 is 27.4 Å². The summed E-state index contributed by atoms with van der Waals surface area (Å²) in [6, 6.07) is 10.3. The van der Waals surface area contributed by atoms with E-state index in [0.717, 1.165) is 5.56 Å². The number of nitrogens with one attached hydrogen (secondary N) is 1. The van der Waals surface area contributed by atoms with E-state index in [2.05, 4.69) is 5.32 Å². The minimum absolute atomic E-state index is 0.135. The first-order valence-electron chi connectivity index (χ1n) is 9.80. The van der Waals surface area contributed by atoms with Gasteiger partial charge in [0.05, 0.1) is 24.5 Å². The smallest absolute Gasteiger partial charge is 0.243 e. The number of ether oxygens (including phenoxy) is 3. The Hall–Kier alpha value is -2.62. The van der Waals surface area contributed by atoms with Crippen molar-refractivity contribution in [3.05, 3.63) is 47.5 Å². The number of carbonyl (C=O) groups excluding carboxylic acids is 1. The van der Waals surface area contributed by atoms with Gasteiger partial charge < -0.3 is 19.5 Å². The number of anilines is 1. The summed E-state index contributed by atoms with van der Waals surface area (Å²) in [7, 11) is -3.65. The van der Waals surface area contributed by atoms with Gasteiger partial charge in [-0.1, -0.05) is 12.1 Å². The summed E-state index contributed by atoms with van der Waals surface area (Å²) in [5.41, 5.74) is 1.85. The highest BCUT2D eigenvalue weighted by Gasteiger charge is 2.28. The third-order valence-corrected chi connectivity index (χ3v) is 7.07. The van der Waals surface area contributed by atoms with Gasteiger partial charge in [0.15, 0.2) is 11.5 Å². The van der Waals surface area contributed by atoms with Crippen LogP contribution >= 0.6 is 0 Å². The summed E-state index contributed by atoms with van der Waals surface area (Å²) in [5.74, 6) is 1.05. The molecule has 2 aromatic rings. The van der Waals surface area contributed by atoms with E-state index in [4.69, 9.17) is 14.2 Å². The van der Waals surface area contributed by atoms with Crippen LogP contribution in [0.3, 0.4) is 0 Å². The van der Waals surface area contributed by atoms with Crippen LogP contribution in [0.25, 0.3) is 0 Å². The quantitative estimate of drug-likeness (QED) is 0.776. The minimum Gasteiger partial charge on any atom is -0.486 e. The summed E-state index contributed by atoms with van der Waals surface area (Å²) in [4.78, 5) is 12.7. The Morgan fingerprint density at radius 2 is 1.73 bits per heavy atom. The third-order valence-electron chi connectivity index (χ3n) is 5.03. The van der Waals surface area contributed by atoms with Crippen LogP contribution in [0.2, 0.25) is 0 Å². The summed E-state index contributed by atoms with van der Waals surface area (Å²) in [5, 5.41) is 2.79. The molecule has 1 saturated heterocycles. The molecule has 1 N–H and O–H groups in total. The number of hydrogen-bond donors (Lipinski definition) is 1. The summed E-state index contributed by atoms with van der Waals surface area (Å²) < 4.78 is 43.7. The number of aryl methyl sites for hydroxylation is 1. The molecule has 0 atom stereocenters. The zero-order valence-electron chi connectivity index (χ0n) is 16.7. The molecular formula is C21H24N2O6S. The fourth-order valence-electron chi connectivity index (χ4n) is 3.47. The average Bonchev–Trinajstić information content (AvgIpc) is 2.75. The third kappa shape index (κ3) is 4.43. The van der Waals surface area contributed by atoms with Gasteiger partial charge in [0.1, 0.15) is 13.2 Å². The maximum atomic E-state index is 13.0. The van der Waals surface area contributed by atoms with Crippen LogP contribution in [-0.2, 0) is 26.0 Å². The van der Waals surface area contributed by atoms with E-state index in [0.29, 0.717) is 62.3 Å². The Morgan fingerprint density at radius 3 is 2.50 bits per heavy atom. The molecule has 2 heterocycles. The zero-order valence-corrected chi connectivity index (χ0v) is 17.5. The van der Waals surface area contributed by atoms with E-state index in [1.807, 2.05) is 6.07 Å². The van der Waals surface area contributed by atoms with E-state index in [1.54, 1.807) is 31.2 Å². The Kier molecular flexibility index (Phi) is 5.94. The number of hydrogen-bond acceptors (Lipinski definition) is 6. The topological polar surface area (TPSA) is 94.2 Å². The monoisotopic (exact) mass is 432 g/mol. The first kappa shape index (κ1) is 20.6. The maximum Gasteiger partial charge on any atom is 0.243 e. The number of morpholine rings is 1. The lowest BCUT2D eigenvalue weighted by Crippen LogP contribution is -2.40. The molecule has 1 amide bonds. The number of sulfonamides is 1. The molecule has 9 heteroatoms. The molecule has 0 aliphatic carbocycles. The highest BCUT2D eigenvalue weighted by Crippen LogP contribution is 2.31. The lowest BCUT2D eigenvalue weighted by Gasteiger charge is -2.26. The molecule has 2 aliphatic heterocycles. The molecule has 2 aromatic carbocycles. The molecule has 8 nitrogen and oxygen atoms in total. The molecular weight excluding hydrogens is 408 g/mol. The second kappa shape index (κ2) is 8.63. The highest BCUT2D eigenvalue weighted by atomic mass is 32.2. The molecule has 0 unspecified atom stereocenters. The van der Waals surface area contributed by atoms with Crippen molar-refractivity contribution >= 4 is 21.6 Å². The fraction of sp³-hybridized carbons (Fsp3) is 0.381. The number of rotatable bonds is 5. The average molecular weight is 432 g/mol.